The molecule has 0 aliphatic carbocycles. The summed E-state index contributed by atoms with van der Waals surface area (Å²) < 4.78 is 26.4. The van der Waals surface area contributed by atoms with Gasteiger partial charge in [0, 0.05) is 26.2 Å². The van der Waals surface area contributed by atoms with Crippen molar-refractivity contribution < 1.29 is 13.6 Å². The van der Waals surface area contributed by atoms with Gasteiger partial charge in [-0.1, -0.05) is 18.2 Å². The molecule has 0 radical (unpaired) electrons. The van der Waals surface area contributed by atoms with E-state index in [1.807, 2.05) is 43.1 Å². The van der Waals surface area contributed by atoms with Crippen molar-refractivity contribution in [1.82, 2.24) is 5.32 Å². The minimum Gasteiger partial charge on any atom is -0.373 e. The third-order valence-corrected chi connectivity index (χ3v) is 3.73. The van der Waals surface area contributed by atoms with Crippen molar-refractivity contribution in [3.05, 3.63) is 59.7 Å². The molecular weight excluding hydrogens is 312 g/mol. The van der Waals surface area contributed by atoms with Crippen LogP contribution in [0.2, 0.25) is 0 Å². The molecule has 4 nitrogen and oxygen atoms in total. The van der Waals surface area contributed by atoms with Crippen LogP contribution in [0.1, 0.15) is 12.5 Å². The molecule has 0 unspecified atom stereocenters. The zero-order valence-electron chi connectivity index (χ0n) is 13.8. The summed E-state index contributed by atoms with van der Waals surface area (Å²) in [7, 11) is 1.94. The number of nitrogens with one attached hydrogen (secondary N) is 2. The second kappa shape index (κ2) is 8.29. The summed E-state index contributed by atoms with van der Waals surface area (Å²) in [6.07, 6.45) is 0.288. The molecule has 0 atom stereocenters. The van der Waals surface area contributed by atoms with Crippen LogP contribution in [-0.2, 0) is 6.42 Å². The average molecular weight is 333 g/mol. The number of carbonyl (C=O) groups excluding carboxylic acids is 1. The summed E-state index contributed by atoms with van der Waals surface area (Å²) in [6.45, 7) is 3.08. The third kappa shape index (κ3) is 4.68. The monoisotopic (exact) mass is 333 g/mol. The van der Waals surface area contributed by atoms with Crippen molar-refractivity contribution >= 4 is 17.4 Å². The molecule has 0 saturated heterocycles. The lowest BCUT2D eigenvalue weighted by Crippen LogP contribution is -2.31. The first-order valence-corrected chi connectivity index (χ1v) is 7.80. The maximum absolute atomic E-state index is 13.5. The van der Waals surface area contributed by atoms with Crippen LogP contribution in [0, 0.1) is 11.6 Å². The van der Waals surface area contributed by atoms with Crippen LogP contribution in [0.5, 0.6) is 0 Å². The first kappa shape index (κ1) is 17.7. The van der Waals surface area contributed by atoms with Crippen LogP contribution < -0.4 is 15.5 Å². The Morgan fingerprint density at radius 2 is 1.92 bits per heavy atom. The summed E-state index contributed by atoms with van der Waals surface area (Å²) in [5.41, 5.74) is 1.98. The van der Waals surface area contributed by atoms with E-state index in [9.17, 15) is 13.6 Å². The van der Waals surface area contributed by atoms with Crippen LogP contribution >= 0.6 is 0 Å². The van der Waals surface area contributed by atoms with Crippen molar-refractivity contribution in [2.45, 2.75) is 13.3 Å². The smallest absolute Gasteiger partial charge is 0.319 e. The van der Waals surface area contributed by atoms with Crippen molar-refractivity contribution in [3.63, 3.8) is 0 Å². The number of anilines is 2. The van der Waals surface area contributed by atoms with Gasteiger partial charge in [0.25, 0.3) is 0 Å². The fourth-order valence-corrected chi connectivity index (χ4v) is 2.28. The van der Waals surface area contributed by atoms with E-state index in [2.05, 4.69) is 10.6 Å². The molecule has 2 aromatic rings. The average Bonchev–Trinajstić information content (AvgIpc) is 2.56. The van der Waals surface area contributed by atoms with Crippen molar-refractivity contribution in [2.75, 3.05) is 30.4 Å². The predicted octanol–water partition coefficient (Wildman–Crippen LogP) is 3.79. The molecule has 2 N–H and O–H groups in total. The number of hydrogen-bond donors (Lipinski definition) is 2. The topological polar surface area (TPSA) is 44.4 Å². The molecule has 128 valence electrons. The molecule has 0 saturated carbocycles. The van der Waals surface area contributed by atoms with Gasteiger partial charge in [0.1, 0.15) is 11.6 Å². The fraction of sp³-hybridized carbons (Fsp3) is 0.278. The largest absolute Gasteiger partial charge is 0.373 e. The lowest BCUT2D eigenvalue weighted by Gasteiger charge is -2.21. The first-order chi connectivity index (χ1) is 11.5. The number of urea groups is 1. The molecule has 0 aliphatic heterocycles. The van der Waals surface area contributed by atoms with Crippen LogP contribution in [0.4, 0.5) is 25.0 Å². The van der Waals surface area contributed by atoms with Gasteiger partial charge < -0.3 is 15.5 Å². The Kier molecular flexibility index (Phi) is 6.12. The lowest BCUT2D eigenvalue weighted by molar-refractivity contribution is 0.252. The van der Waals surface area contributed by atoms with E-state index < -0.39 is 11.6 Å². The molecule has 2 amide bonds. The molecule has 0 fully saturated rings. The summed E-state index contributed by atoms with van der Waals surface area (Å²) in [6, 6.07) is 10.6. The highest BCUT2D eigenvalue weighted by Crippen LogP contribution is 2.24. The molecule has 24 heavy (non-hydrogen) atoms. The quantitative estimate of drug-likeness (QED) is 0.845. The molecule has 0 aliphatic rings. The highest BCUT2D eigenvalue weighted by Gasteiger charge is 2.09. The maximum Gasteiger partial charge on any atom is 0.319 e. The maximum atomic E-state index is 13.5. The van der Waals surface area contributed by atoms with Gasteiger partial charge >= 0.3 is 6.03 Å². The molecule has 6 heteroatoms. The Labute approximate surface area is 140 Å². The van der Waals surface area contributed by atoms with Crippen LogP contribution in [0.15, 0.2) is 42.5 Å². The summed E-state index contributed by atoms with van der Waals surface area (Å²) >= 11 is 0. The second-order valence-corrected chi connectivity index (χ2v) is 5.40. The van der Waals surface area contributed by atoms with Crippen LogP contribution in [0.3, 0.4) is 0 Å². The van der Waals surface area contributed by atoms with Gasteiger partial charge in [0.15, 0.2) is 0 Å². The lowest BCUT2D eigenvalue weighted by atomic mass is 10.1. The van der Waals surface area contributed by atoms with Gasteiger partial charge in [-0.2, -0.15) is 0 Å². The Morgan fingerprint density at radius 1 is 1.17 bits per heavy atom. The Bertz CT molecular complexity index is 706. The van der Waals surface area contributed by atoms with Gasteiger partial charge in [-0.3, -0.25) is 0 Å². The van der Waals surface area contributed by atoms with Crippen LogP contribution in [0.25, 0.3) is 0 Å². The normalized spacial score (nSPS) is 10.3. The van der Waals surface area contributed by atoms with Crippen molar-refractivity contribution in [3.8, 4) is 0 Å². The molecule has 0 heterocycles. The van der Waals surface area contributed by atoms with E-state index in [0.29, 0.717) is 11.3 Å². The summed E-state index contributed by atoms with van der Waals surface area (Å²) in [5.74, 6) is -1.22. The fourth-order valence-electron chi connectivity index (χ4n) is 2.28. The number of nitrogens with zero attached hydrogens (tertiary/aromatic N) is 1. The highest BCUT2D eigenvalue weighted by atomic mass is 19.1. The molecular formula is C18H21F2N3O. The number of benzene rings is 2. The van der Waals surface area contributed by atoms with Gasteiger partial charge in [0.2, 0.25) is 0 Å². The van der Waals surface area contributed by atoms with Gasteiger partial charge in [-0.15, -0.1) is 0 Å². The van der Waals surface area contributed by atoms with E-state index in [1.54, 1.807) is 0 Å². The molecule has 0 spiro atoms. The molecule has 0 aromatic heterocycles. The number of halogens is 2. The number of hydrogen-bond acceptors (Lipinski definition) is 2. The summed E-state index contributed by atoms with van der Waals surface area (Å²) in [4.78, 5) is 14.0. The zero-order chi connectivity index (χ0) is 17.5. The van der Waals surface area contributed by atoms with Crippen molar-refractivity contribution in [2.24, 2.45) is 0 Å². The summed E-state index contributed by atoms with van der Waals surface area (Å²) in [5, 5.41) is 5.47. The number of carbonyl (C=O) groups is 1. The minimum absolute atomic E-state index is 0.250. The zero-order valence-corrected chi connectivity index (χ0v) is 13.8. The Morgan fingerprint density at radius 3 is 2.62 bits per heavy atom. The van der Waals surface area contributed by atoms with E-state index in [0.717, 1.165) is 18.3 Å². The first-order valence-electron chi connectivity index (χ1n) is 7.80. The predicted molar refractivity (Wildman–Crippen MR) is 92.5 cm³/mol. The van der Waals surface area contributed by atoms with Crippen molar-refractivity contribution in [1.29, 1.82) is 0 Å². The number of rotatable bonds is 6. The Hall–Kier alpha value is -2.63. The van der Waals surface area contributed by atoms with Gasteiger partial charge in [-0.25, -0.2) is 13.6 Å². The van der Waals surface area contributed by atoms with Crippen LogP contribution in [-0.4, -0.2) is 26.2 Å². The van der Waals surface area contributed by atoms with E-state index in [4.69, 9.17) is 0 Å². The van der Waals surface area contributed by atoms with E-state index in [-0.39, 0.29) is 19.0 Å². The molecule has 2 aromatic carbocycles. The second-order valence-electron chi connectivity index (χ2n) is 5.40. The third-order valence-electron chi connectivity index (χ3n) is 3.73. The van der Waals surface area contributed by atoms with E-state index >= 15 is 0 Å². The Balaban J connectivity index is 1.90. The van der Waals surface area contributed by atoms with Gasteiger partial charge in [-0.05, 0) is 37.1 Å². The minimum atomic E-state index is -0.612. The number of para-hydroxylation sites is 2. The standard InChI is InChI=1S/C18H21F2N3O/c1-3-23(2)17-7-5-4-6-16(17)22-18(24)21-11-10-13-8-9-14(19)12-15(13)20/h4-9,12H,3,10-11H2,1-2H3,(H2,21,22,24). The SMILES string of the molecule is CCN(C)c1ccccc1NC(=O)NCCc1ccc(F)cc1F. The highest BCUT2D eigenvalue weighted by molar-refractivity contribution is 5.93. The number of amides is 2. The van der Waals surface area contributed by atoms with Gasteiger partial charge in [0.05, 0.1) is 11.4 Å². The van der Waals surface area contributed by atoms with E-state index in [1.165, 1.54) is 12.1 Å². The molecule has 2 rings (SSSR count). The molecule has 0 bridgehead atoms.